The van der Waals surface area contributed by atoms with Gasteiger partial charge in [0.2, 0.25) is 0 Å². The van der Waals surface area contributed by atoms with Crippen LogP contribution in [0.4, 0.5) is 0 Å². The predicted molar refractivity (Wildman–Crippen MR) is 105 cm³/mol. The number of thioether (sulfide) groups is 1. The second-order valence-corrected chi connectivity index (χ2v) is 6.92. The van der Waals surface area contributed by atoms with E-state index in [0.29, 0.717) is 21.8 Å². The second-order valence-electron chi connectivity index (χ2n) is 5.97. The Bertz CT molecular complexity index is 1150. The lowest BCUT2D eigenvalue weighted by Crippen LogP contribution is -2.21. The quantitative estimate of drug-likeness (QED) is 0.386. The van der Waals surface area contributed by atoms with Gasteiger partial charge in [-0.2, -0.15) is 0 Å². The molecule has 2 aromatic carbocycles. The number of aromatic nitrogens is 3. The lowest BCUT2D eigenvalue weighted by atomic mass is 10.2. The molecule has 136 valence electrons. The first-order chi connectivity index (χ1) is 13.2. The van der Waals surface area contributed by atoms with E-state index in [4.69, 9.17) is 14.2 Å². The van der Waals surface area contributed by atoms with Crippen LogP contribution in [0, 0.1) is 6.92 Å². The van der Waals surface area contributed by atoms with Gasteiger partial charge in [-0.3, -0.25) is 9.36 Å². The second kappa shape index (κ2) is 7.28. The van der Waals surface area contributed by atoms with E-state index < -0.39 is 0 Å². The van der Waals surface area contributed by atoms with Crippen molar-refractivity contribution in [2.75, 3.05) is 7.11 Å². The van der Waals surface area contributed by atoms with Gasteiger partial charge in [0.15, 0.2) is 5.16 Å². The van der Waals surface area contributed by atoms with E-state index in [-0.39, 0.29) is 5.56 Å². The van der Waals surface area contributed by atoms with Gasteiger partial charge in [-0.05, 0) is 43.3 Å². The molecule has 0 spiro atoms. The van der Waals surface area contributed by atoms with Crippen LogP contribution >= 0.6 is 11.8 Å². The van der Waals surface area contributed by atoms with Gasteiger partial charge >= 0.3 is 0 Å². The predicted octanol–water partition coefficient (Wildman–Crippen LogP) is 3.98. The molecule has 6 nitrogen and oxygen atoms in total. The molecule has 0 aliphatic heterocycles. The van der Waals surface area contributed by atoms with Crippen molar-refractivity contribution in [3.8, 4) is 11.4 Å². The molecule has 0 aliphatic rings. The van der Waals surface area contributed by atoms with Gasteiger partial charge in [-0.15, -0.1) is 0 Å². The highest BCUT2D eigenvalue weighted by molar-refractivity contribution is 7.98. The van der Waals surface area contributed by atoms with Gasteiger partial charge in [0.1, 0.15) is 11.5 Å². The average molecular weight is 379 g/mol. The number of ether oxygens (including phenoxy) is 1. The topological polar surface area (TPSA) is 70.2 Å². The molecule has 7 heteroatoms. The van der Waals surface area contributed by atoms with Gasteiger partial charge in [0.05, 0.1) is 35.1 Å². The van der Waals surface area contributed by atoms with Crippen LogP contribution in [0.1, 0.15) is 11.5 Å². The Labute approximate surface area is 159 Å². The summed E-state index contributed by atoms with van der Waals surface area (Å²) < 4.78 is 12.1. The van der Waals surface area contributed by atoms with Crippen molar-refractivity contribution < 1.29 is 9.26 Å². The molecule has 4 aromatic rings. The van der Waals surface area contributed by atoms with Crippen LogP contribution in [-0.4, -0.2) is 21.8 Å². The zero-order valence-corrected chi connectivity index (χ0v) is 15.7. The Kier molecular flexibility index (Phi) is 4.68. The fraction of sp³-hybridized carbons (Fsp3) is 0.150. The standard InChI is InChI=1S/C20H17N3O3S/c1-13-11-16(26-22-13)12-27-20-21-18-6-4-3-5-17(18)19(24)23(20)14-7-9-15(25-2)10-8-14/h3-11H,12H2,1-2H3. The summed E-state index contributed by atoms with van der Waals surface area (Å²) in [4.78, 5) is 17.9. The minimum Gasteiger partial charge on any atom is -0.497 e. The maximum Gasteiger partial charge on any atom is 0.266 e. The minimum absolute atomic E-state index is 0.109. The van der Waals surface area contributed by atoms with E-state index in [0.717, 1.165) is 22.9 Å². The highest BCUT2D eigenvalue weighted by atomic mass is 32.2. The van der Waals surface area contributed by atoms with E-state index in [1.807, 2.05) is 55.5 Å². The van der Waals surface area contributed by atoms with Crippen LogP contribution in [0.5, 0.6) is 5.75 Å². The summed E-state index contributed by atoms with van der Waals surface area (Å²) in [5.74, 6) is 2.00. The first kappa shape index (κ1) is 17.4. The molecule has 0 atom stereocenters. The van der Waals surface area contributed by atoms with Crippen molar-refractivity contribution in [3.05, 3.63) is 76.4 Å². The molecule has 0 bridgehead atoms. The number of hydrogen-bond donors (Lipinski definition) is 0. The molecular weight excluding hydrogens is 362 g/mol. The Morgan fingerprint density at radius 3 is 2.63 bits per heavy atom. The highest BCUT2D eigenvalue weighted by Gasteiger charge is 2.14. The Morgan fingerprint density at radius 1 is 1.15 bits per heavy atom. The van der Waals surface area contributed by atoms with Crippen molar-refractivity contribution in [1.82, 2.24) is 14.7 Å². The molecule has 0 fully saturated rings. The number of nitrogens with zero attached hydrogens (tertiary/aromatic N) is 3. The van der Waals surface area contributed by atoms with Gasteiger partial charge in [-0.25, -0.2) is 4.98 Å². The molecule has 0 saturated heterocycles. The van der Waals surface area contributed by atoms with Crippen LogP contribution in [-0.2, 0) is 5.75 Å². The fourth-order valence-electron chi connectivity index (χ4n) is 2.79. The third-order valence-electron chi connectivity index (χ3n) is 4.10. The maximum absolute atomic E-state index is 13.2. The molecule has 0 saturated carbocycles. The molecule has 0 N–H and O–H groups in total. The number of rotatable bonds is 5. The summed E-state index contributed by atoms with van der Waals surface area (Å²) in [7, 11) is 1.61. The molecule has 2 heterocycles. The molecule has 0 radical (unpaired) electrons. The summed E-state index contributed by atoms with van der Waals surface area (Å²) >= 11 is 1.43. The summed E-state index contributed by atoms with van der Waals surface area (Å²) in [5, 5.41) is 5.08. The van der Waals surface area contributed by atoms with Crippen LogP contribution in [0.3, 0.4) is 0 Å². The number of benzene rings is 2. The smallest absolute Gasteiger partial charge is 0.266 e. The average Bonchev–Trinajstić information content (AvgIpc) is 3.12. The van der Waals surface area contributed by atoms with Crippen molar-refractivity contribution in [1.29, 1.82) is 0 Å². The number of methoxy groups -OCH3 is 1. The Morgan fingerprint density at radius 2 is 1.93 bits per heavy atom. The lowest BCUT2D eigenvalue weighted by Gasteiger charge is -2.13. The number of hydrogen-bond acceptors (Lipinski definition) is 6. The van der Waals surface area contributed by atoms with E-state index >= 15 is 0 Å². The third kappa shape index (κ3) is 3.46. The largest absolute Gasteiger partial charge is 0.497 e. The maximum atomic E-state index is 13.2. The highest BCUT2D eigenvalue weighted by Crippen LogP contribution is 2.25. The molecule has 27 heavy (non-hydrogen) atoms. The van der Waals surface area contributed by atoms with E-state index in [9.17, 15) is 4.79 Å². The monoisotopic (exact) mass is 379 g/mol. The number of para-hydroxylation sites is 1. The van der Waals surface area contributed by atoms with E-state index in [1.165, 1.54) is 11.8 Å². The van der Waals surface area contributed by atoms with Crippen LogP contribution in [0.15, 0.2) is 69.1 Å². The van der Waals surface area contributed by atoms with Gasteiger partial charge in [-0.1, -0.05) is 29.1 Å². The summed E-state index contributed by atoms with van der Waals surface area (Å²) in [6, 6.07) is 16.6. The molecule has 4 rings (SSSR count). The summed E-state index contributed by atoms with van der Waals surface area (Å²) in [5.41, 5.74) is 2.12. The van der Waals surface area contributed by atoms with Gasteiger partial charge in [0, 0.05) is 6.07 Å². The van der Waals surface area contributed by atoms with Crippen LogP contribution < -0.4 is 10.3 Å². The summed E-state index contributed by atoms with van der Waals surface area (Å²) in [6.07, 6.45) is 0. The van der Waals surface area contributed by atoms with Gasteiger partial charge in [0.25, 0.3) is 5.56 Å². The van der Waals surface area contributed by atoms with Crippen LogP contribution in [0.2, 0.25) is 0 Å². The molecular formula is C20H17N3O3S. The van der Waals surface area contributed by atoms with E-state index in [2.05, 4.69) is 5.16 Å². The third-order valence-corrected chi connectivity index (χ3v) is 5.06. The zero-order valence-electron chi connectivity index (χ0n) is 14.9. The normalized spacial score (nSPS) is 11.0. The SMILES string of the molecule is COc1ccc(-n2c(SCc3cc(C)no3)nc3ccccc3c2=O)cc1. The molecule has 0 aliphatic carbocycles. The Hall–Kier alpha value is -3.06. The minimum atomic E-state index is -0.109. The zero-order chi connectivity index (χ0) is 18.8. The van der Waals surface area contributed by atoms with Crippen LogP contribution in [0.25, 0.3) is 16.6 Å². The lowest BCUT2D eigenvalue weighted by molar-refractivity contribution is 0.391. The number of aryl methyl sites for hydroxylation is 1. The first-order valence-corrected chi connectivity index (χ1v) is 9.35. The first-order valence-electron chi connectivity index (χ1n) is 8.37. The molecule has 0 unspecified atom stereocenters. The number of fused-ring (bicyclic) bond motifs is 1. The molecule has 2 aromatic heterocycles. The van der Waals surface area contributed by atoms with Crippen molar-refractivity contribution >= 4 is 22.7 Å². The van der Waals surface area contributed by atoms with Gasteiger partial charge < -0.3 is 9.26 Å². The van der Waals surface area contributed by atoms with E-state index in [1.54, 1.807) is 17.7 Å². The molecule has 0 amide bonds. The van der Waals surface area contributed by atoms with Crippen molar-refractivity contribution in [2.24, 2.45) is 0 Å². The van der Waals surface area contributed by atoms with Crippen molar-refractivity contribution in [3.63, 3.8) is 0 Å². The van der Waals surface area contributed by atoms with Crippen molar-refractivity contribution in [2.45, 2.75) is 17.8 Å². The Balaban J connectivity index is 1.82. The summed E-state index contributed by atoms with van der Waals surface area (Å²) in [6.45, 7) is 1.87. The fourth-order valence-corrected chi connectivity index (χ4v) is 3.68.